The smallest absolute Gasteiger partial charge is 0.0554 e. The Morgan fingerprint density at radius 1 is 0.586 bits per heavy atom. The SMILES string of the molecule is CC1(C)CCC(C)(C)C2=C1CC1=C(C2=[C+]c2ccccc2)C(C)(C)CCC1(C)C. The van der Waals surface area contributed by atoms with E-state index in [9.17, 15) is 0 Å². The first-order chi connectivity index (χ1) is 13.4. The van der Waals surface area contributed by atoms with Gasteiger partial charge in [-0.15, -0.1) is 0 Å². The summed E-state index contributed by atoms with van der Waals surface area (Å²) in [4.78, 5) is 0. The van der Waals surface area contributed by atoms with E-state index in [-0.39, 0.29) is 21.7 Å². The minimum Gasteiger partial charge on any atom is -0.0554 e. The van der Waals surface area contributed by atoms with Gasteiger partial charge in [0, 0.05) is 46.6 Å². The van der Waals surface area contributed by atoms with Crippen molar-refractivity contribution in [3.8, 4) is 0 Å². The molecule has 29 heavy (non-hydrogen) atoms. The van der Waals surface area contributed by atoms with Crippen LogP contribution in [0.15, 0.2) is 58.2 Å². The Labute approximate surface area is 179 Å². The van der Waals surface area contributed by atoms with Crippen LogP contribution in [0.2, 0.25) is 0 Å². The Hall–Kier alpha value is -1.65. The van der Waals surface area contributed by atoms with Crippen molar-refractivity contribution >= 4 is 0 Å². The standard InChI is InChI=1S/C29H39/c1-26(2)14-16-28(5,6)24-21(18-20-12-10-9-11-13-20)25-23(19-22(24)26)27(3,4)15-17-29(25,7)8/h9-13H,14-17,19H2,1-8H3/q+1. The average Bonchev–Trinajstić information content (AvgIpc) is 2.63. The molecular formula is C29H39+. The zero-order valence-electron chi connectivity index (χ0n) is 19.9. The van der Waals surface area contributed by atoms with Gasteiger partial charge in [0.05, 0.1) is 0 Å². The molecule has 0 spiro atoms. The molecule has 0 radical (unpaired) electrons. The van der Waals surface area contributed by atoms with Crippen molar-refractivity contribution in [3.05, 3.63) is 69.8 Å². The van der Waals surface area contributed by atoms with Crippen LogP contribution in [0.4, 0.5) is 0 Å². The Morgan fingerprint density at radius 2 is 1.00 bits per heavy atom. The van der Waals surface area contributed by atoms with E-state index >= 15 is 0 Å². The van der Waals surface area contributed by atoms with Crippen LogP contribution in [0.3, 0.4) is 0 Å². The van der Waals surface area contributed by atoms with E-state index in [0.717, 1.165) is 6.42 Å². The summed E-state index contributed by atoms with van der Waals surface area (Å²) in [5, 5.41) is 0. The fourth-order valence-electron chi connectivity index (χ4n) is 6.02. The van der Waals surface area contributed by atoms with Crippen molar-refractivity contribution in [1.82, 2.24) is 0 Å². The second kappa shape index (κ2) is 6.42. The van der Waals surface area contributed by atoms with Crippen molar-refractivity contribution in [3.63, 3.8) is 0 Å². The predicted octanol–water partition coefficient (Wildman–Crippen LogP) is 8.45. The van der Waals surface area contributed by atoms with Gasteiger partial charge in [0.1, 0.15) is 11.1 Å². The van der Waals surface area contributed by atoms with Crippen LogP contribution in [0.1, 0.15) is 93.1 Å². The lowest BCUT2D eigenvalue weighted by molar-refractivity contribution is 0.225. The van der Waals surface area contributed by atoms with Crippen molar-refractivity contribution in [1.29, 1.82) is 0 Å². The molecule has 0 amide bonds. The number of hydrogen-bond donors (Lipinski definition) is 0. The van der Waals surface area contributed by atoms with E-state index in [0.29, 0.717) is 0 Å². The van der Waals surface area contributed by atoms with Crippen LogP contribution in [-0.4, -0.2) is 0 Å². The lowest BCUT2D eigenvalue weighted by atomic mass is 9.51. The van der Waals surface area contributed by atoms with E-state index in [1.165, 1.54) is 36.8 Å². The fraction of sp³-hybridized carbons (Fsp3) is 0.586. The summed E-state index contributed by atoms with van der Waals surface area (Å²) in [5.74, 6) is 0. The molecule has 0 atom stereocenters. The minimum absolute atomic E-state index is 0.207. The third-order valence-corrected chi connectivity index (χ3v) is 8.24. The molecule has 0 nitrogen and oxygen atoms in total. The molecule has 0 heteroatoms. The molecule has 0 saturated heterocycles. The third-order valence-electron chi connectivity index (χ3n) is 8.24. The maximum absolute atomic E-state index is 3.97. The van der Waals surface area contributed by atoms with Crippen LogP contribution in [0.25, 0.3) is 0 Å². The van der Waals surface area contributed by atoms with E-state index in [1.54, 1.807) is 22.3 Å². The van der Waals surface area contributed by atoms with Crippen LogP contribution >= 0.6 is 0 Å². The Morgan fingerprint density at radius 3 is 1.45 bits per heavy atom. The largest absolute Gasteiger partial charge is 0.129 e. The van der Waals surface area contributed by atoms with Crippen molar-refractivity contribution in [2.45, 2.75) is 87.5 Å². The van der Waals surface area contributed by atoms with E-state index in [4.69, 9.17) is 0 Å². The summed E-state index contributed by atoms with van der Waals surface area (Å²) in [6.45, 7) is 19.8. The van der Waals surface area contributed by atoms with Crippen LogP contribution in [-0.2, 0) is 0 Å². The second-order valence-electron chi connectivity index (χ2n) is 12.3. The summed E-state index contributed by atoms with van der Waals surface area (Å²) in [6, 6.07) is 10.8. The molecule has 1 aromatic carbocycles. The minimum atomic E-state index is 0.207. The first kappa shape index (κ1) is 20.6. The Kier molecular flexibility index (Phi) is 4.57. The molecule has 154 valence electrons. The van der Waals surface area contributed by atoms with Crippen molar-refractivity contribution < 1.29 is 0 Å². The fourth-order valence-corrected chi connectivity index (χ4v) is 6.02. The van der Waals surface area contributed by atoms with Gasteiger partial charge >= 0.3 is 0 Å². The average molecular weight is 388 g/mol. The lowest BCUT2D eigenvalue weighted by Gasteiger charge is -2.50. The molecule has 0 unspecified atom stereocenters. The van der Waals surface area contributed by atoms with Gasteiger partial charge in [-0.1, -0.05) is 27.7 Å². The topological polar surface area (TPSA) is 0 Å². The molecule has 0 N–H and O–H groups in total. The van der Waals surface area contributed by atoms with Crippen LogP contribution in [0.5, 0.6) is 0 Å². The quantitative estimate of drug-likeness (QED) is 0.424. The molecule has 0 aromatic heterocycles. The molecule has 1 aromatic rings. The molecule has 3 aliphatic rings. The highest BCUT2D eigenvalue weighted by molar-refractivity contribution is 5.63. The summed E-state index contributed by atoms with van der Waals surface area (Å²) in [7, 11) is 0. The molecular weight excluding hydrogens is 348 g/mol. The molecule has 0 aliphatic heterocycles. The van der Waals surface area contributed by atoms with Crippen molar-refractivity contribution in [2.24, 2.45) is 21.7 Å². The zero-order chi connectivity index (χ0) is 21.2. The summed E-state index contributed by atoms with van der Waals surface area (Å²) < 4.78 is 0. The highest BCUT2D eigenvalue weighted by Gasteiger charge is 2.53. The van der Waals surface area contributed by atoms with Crippen LogP contribution < -0.4 is 0 Å². The molecule has 0 bridgehead atoms. The predicted molar refractivity (Wildman–Crippen MR) is 125 cm³/mol. The van der Waals surface area contributed by atoms with Gasteiger partial charge < -0.3 is 0 Å². The van der Waals surface area contributed by atoms with E-state index < -0.39 is 0 Å². The first-order valence-corrected chi connectivity index (χ1v) is 11.5. The maximum Gasteiger partial charge on any atom is 0.129 e. The normalized spacial score (nSPS) is 26.6. The number of rotatable bonds is 1. The van der Waals surface area contributed by atoms with E-state index in [1.807, 2.05) is 0 Å². The lowest BCUT2D eigenvalue weighted by Crippen LogP contribution is -2.40. The summed E-state index contributed by atoms with van der Waals surface area (Å²) >= 11 is 0. The molecule has 0 saturated carbocycles. The number of allylic oxidation sites excluding steroid dienone is 5. The summed E-state index contributed by atoms with van der Waals surface area (Å²) in [6.07, 6.45) is 10.2. The van der Waals surface area contributed by atoms with Gasteiger partial charge in [-0.05, 0) is 93.6 Å². The van der Waals surface area contributed by atoms with Crippen molar-refractivity contribution in [2.75, 3.05) is 0 Å². The monoisotopic (exact) mass is 387 g/mol. The Bertz CT molecular complexity index is 856. The van der Waals surface area contributed by atoms with E-state index in [2.05, 4.69) is 91.8 Å². The molecule has 0 heterocycles. The van der Waals surface area contributed by atoms with Gasteiger partial charge in [0.2, 0.25) is 0 Å². The van der Waals surface area contributed by atoms with Gasteiger partial charge in [0.15, 0.2) is 0 Å². The zero-order valence-corrected chi connectivity index (χ0v) is 19.9. The highest BCUT2D eigenvalue weighted by Crippen LogP contribution is 2.63. The third kappa shape index (κ3) is 3.34. The molecule has 4 rings (SSSR count). The number of hydrogen-bond acceptors (Lipinski definition) is 0. The van der Waals surface area contributed by atoms with Crippen LogP contribution in [0, 0.1) is 27.7 Å². The van der Waals surface area contributed by atoms with Gasteiger partial charge in [-0.3, -0.25) is 0 Å². The summed E-state index contributed by atoms with van der Waals surface area (Å²) in [5.41, 5.74) is 10.2. The second-order valence-corrected chi connectivity index (χ2v) is 12.3. The van der Waals surface area contributed by atoms with Gasteiger partial charge in [-0.2, -0.15) is 0 Å². The highest BCUT2D eigenvalue weighted by atomic mass is 14.5. The molecule has 3 aliphatic carbocycles. The first-order valence-electron chi connectivity index (χ1n) is 11.5. The number of benzene rings is 1. The van der Waals surface area contributed by atoms with Gasteiger partial charge in [-0.25, -0.2) is 0 Å². The Balaban J connectivity index is 2.06. The van der Waals surface area contributed by atoms with Gasteiger partial charge in [0.25, 0.3) is 0 Å². The molecule has 0 fully saturated rings. The maximum atomic E-state index is 3.97.